The van der Waals surface area contributed by atoms with Crippen LogP contribution in [0.25, 0.3) is 11.0 Å². The maximum absolute atomic E-state index is 13.6. The van der Waals surface area contributed by atoms with Crippen LogP contribution in [-0.2, 0) is 11.3 Å². The number of ketones is 1. The number of halogens is 1. The second-order valence-corrected chi connectivity index (χ2v) is 6.64. The summed E-state index contributed by atoms with van der Waals surface area (Å²) in [7, 11) is 1.50. The van der Waals surface area contributed by atoms with Crippen molar-refractivity contribution in [1.82, 2.24) is 4.57 Å². The highest BCUT2D eigenvalue weighted by molar-refractivity contribution is 6.12. The summed E-state index contributed by atoms with van der Waals surface area (Å²) in [6.45, 7) is 3.42. The fourth-order valence-electron chi connectivity index (χ4n) is 3.32. The van der Waals surface area contributed by atoms with Crippen molar-refractivity contribution in [2.24, 2.45) is 0 Å². The van der Waals surface area contributed by atoms with Crippen LogP contribution in [0, 0.1) is 31.0 Å². The van der Waals surface area contributed by atoms with Gasteiger partial charge in [0.1, 0.15) is 23.0 Å². The lowest BCUT2D eigenvalue weighted by Gasteiger charge is -2.15. The average molecular weight is 398 g/mol. The van der Waals surface area contributed by atoms with Gasteiger partial charge in [0.15, 0.2) is 5.76 Å². The molecule has 2 aromatic heterocycles. The number of hydrogen-bond donors (Lipinski definition) is 1. The van der Waals surface area contributed by atoms with Gasteiger partial charge in [0, 0.05) is 31.2 Å². The van der Waals surface area contributed by atoms with Crippen LogP contribution in [-0.4, -0.2) is 29.2 Å². The minimum absolute atomic E-state index is 0.0639. The fraction of sp³-hybridized carbons (Fsp3) is 0.286. The molecule has 8 heteroatoms. The smallest absolute Gasteiger partial charge is 0.271 e. The molecular weight excluding hydrogens is 379 g/mol. The second-order valence-electron chi connectivity index (χ2n) is 6.64. The number of nitriles is 1. The molecule has 29 heavy (non-hydrogen) atoms. The van der Waals surface area contributed by atoms with Gasteiger partial charge in [-0.15, -0.1) is 0 Å². The SMILES string of the molecule is COCCCn1c(O)c(C(=O)c2oc3ccc(F)cc3c2C)c(C)c(C#N)c1=O. The summed E-state index contributed by atoms with van der Waals surface area (Å²) in [6.07, 6.45) is 0.397. The summed E-state index contributed by atoms with van der Waals surface area (Å²) in [5.74, 6) is -1.79. The minimum atomic E-state index is -0.689. The molecule has 0 fully saturated rings. The quantitative estimate of drug-likeness (QED) is 0.505. The largest absolute Gasteiger partial charge is 0.494 e. The van der Waals surface area contributed by atoms with Crippen LogP contribution in [0.5, 0.6) is 5.88 Å². The zero-order chi connectivity index (χ0) is 21.3. The number of carbonyl (C=O) groups is 1. The van der Waals surface area contributed by atoms with Crippen molar-refractivity contribution in [2.45, 2.75) is 26.8 Å². The van der Waals surface area contributed by atoms with Crippen LogP contribution in [0.3, 0.4) is 0 Å². The van der Waals surface area contributed by atoms with Crippen molar-refractivity contribution < 1.29 is 23.4 Å². The van der Waals surface area contributed by atoms with Gasteiger partial charge < -0.3 is 14.3 Å². The number of ether oxygens (including phenoxy) is 1. The molecule has 0 aliphatic rings. The number of nitrogens with zero attached hydrogens (tertiary/aromatic N) is 2. The van der Waals surface area contributed by atoms with E-state index in [2.05, 4.69) is 0 Å². The molecule has 0 bridgehead atoms. The van der Waals surface area contributed by atoms with Crippen molar-refractivity contribution in [2.75, 3.05) is 13.7 Å². The first kappa shape index (κ1) is 20.3. The average Bonchev–Trinajstić information content (AvgIpc) is 3.01. The van der Waals surface area contributed by atoms with Gasteiger partial charge in [-0.05, 0) is 44.0 Å². The van der Waals surface area contributed by atoms with Gasteiger partial charge in [-0.2, -0.15) is 5.26 Å². The van der Waals surface area contributed by atoms with E-state index in [-0.39, 0.29) is 29.0 Å². The summed E-state index contributed by atoms with van der Waals surface area (Å²) in [5.41, 5.74) is -0.325. The van der Waals surface area contributed by atoms with Crippen molar-refractivity contribution in [3.63, 3.8) is 0 Å². The molecule has 0 saturated carbocycles. The highest BCUT2D eigenvalue weighted by Gasteiger charge is 2.28. The number of carbonyl (C=O) groups excluding carboxylic acids is 1. The van der Waals surface area contributed by atoms with E-state index in [0.29, 0.717) is 29.6 Å². The van der Waals surface area contributed by atoms with E-state index in [4.69, 9.17) is 9.15 Å². The molecule has 2 heterocycles. The molecule has 150 valence electrons. The molecule has 7 nitrogen and oxygen atoms in total. The van der Waals surface area contributed by atoms with Crippen molar-refractivity contribution in [3.05, 3.63) is 62.4 Å². The van der Waals surface area contributed by atoms with Crippen molar-refractivity contribution >= 4 is 16.8 Å². The van der Waals surface area contributed by atoms with Crippen LogP contribution in [0.4, 0.5) is 4.39 Å². The number of hydrogen-bond acceptors (Lipinski definition) is 6. The number of aryl methyl sites for hydroxylation is 1. The van der Waals surface area contributed by atoms with Gasteiger partial charge in [-0.25, -0.2) is 4.39 Å². The lowest BCUT2D eigenvalue weighted by molar-refractivity contribution is 0.100. The Labute approximate surface area is 165 Å². The summed E-state index contributed by atoms with van der Waals surface area (Å²) >= 11 is 0. The summed E-state index contributed by atoms with van der Waals surface area (Å²) in [5, 5.41) is 20.5. The van der Waals surface area contributed by atoms with Crippen molar-refractivity contribution in [1.29, 1.82) is 5.26 Å². The number of fused-ring (bicyclic) bond motifs is 1. The Kier molecular flexibility index (Phi) is 5.52. The van der Waals surface area contributed by atoms with E-state index >= 15 is 0 Å². The third-order valence-electron chi connectivity index (χ3n) is 4.86. The molecule has 1 N–H and O–H groups in total. The minimum Gasteiger partial charge on any atom is -0.494 e. The predicted octanol–water partition coefficient (Wildman–Crippen LogP) is 3.20. The third kappa shape index (κ3) is 3.41. The summed E-state index contributed by atoms with van der Waals surface area (Å²) in [6, 6.07) is 5.69. The third-order valence-corrected chi connectivity index (χ3v) is 4.86. The Bertz CT molecular complexity index is 1220. The molecule has 3 rings (SSSR count). The van der Waals surface area contributed by atoms with Gasteiger partial charge in [0.2, 0.25) is 11.7 Å². The number of aromatic hydroxyl groups is 1. The zero-order valence-electron chi connectivity index (χ0n) is 16.2. The Hall–Kier alpha value is -3.44. The van der Waals surface area contributed by atoms with Crippen LogP contribution >= 0.6 is 0 Å². The molecule has 0 radical (unpaired) electrons. The van der Waals surface area contributed by atoms with Crippen LogP contribution in [0.15, 0.2) is 27.4 Å². The van der Waals surface area contributed by atoms with E-state index in [0.717, 1.165) is 4.57 Å². The first-order valence-electron chi connectivity index (χ1n) is 8.90. The molecule has 0 saturated heterocycles. The van der Waals surface area contributed by atoms with Crippen molar-refractivity contribution in [3.8, 4) is 11.9 Å². The number of pyridine rings is 1. The van der Waals surface area contributed by atoms with Crippen LogP contribution in [0.2, 0.25) is 0 Å². The number of rotatable bonds is 6. The molecule has 1 aromatic carbocycles. The highest BCUT2D eigenvalue weighted by atomic mass is 19.1. The standard InChI is InChI=1S/C21H19FN2O5/c1-11-15(10-23)20(26)24(7-4-8-28-3)21(27)17(11)18(25)19-12(2)14-9-13(22)5-6-16(14)29-19/h5-6,9,27H,4,7-8H2,1-3H3. The van der Waals surface area contributed by atoms with E-state index in [9.17, 15) is 24.3 Å². The molecule has 3 aromatic rings. The first-order valence-corrected chi connectivity index (χ1v) is 8.90. The van der Waals surface area contributed by atoms with Gasteiger partial charge in [-0.1, -0.05) is 0 Å². The number of aromatic nitrogens is 1. The first-order chi connectivity index (χ1) is 13.8. The Morgan fingerprint density at radius 2 is 2.07 bits per heavy atom. The monoisotopic (exact) mass is 398 g/mol. The van der Waals surface area contributed by atoms with Crippen LogP contribution in [0.1, 0.15) is 39.2 Å². The highest BCUT2D eigenvalue weighted by Crippen LogP contribution is 2.31. The van der Waals surface area contributed by atoms with Gasteiger partial charge >= 0.3 is 0 Å². The van der Waals surface area contributed by atoms with Gasteiger partial charge in [0.25, 0.3) is 5.56 Å². The van der Waals surface area contributed by atoms with Gasteiger partial charge in [0.05, 0.1) is 5.56 Å². The second kappa shape index (κ2) is 7.89. The predicted molar refractivity (Wildman–Crippen MR) is 103 cm³/mol. The molecular formula is C21H19FN2O5. The molecule has 0 amide bonds. The van der Waals surface area contributed by atoms with E-state index in [1.807, 2.05) is 6.07 Å². The van der Waals surface area contributed by atoms with Gasteiger partial charge in [-0.3, -0.25) is 14.2 Å². The molecule has 0 aliphatic carbocycles. The zero-order valence-corrected chi connectivity index (χ0v) is 16.2. The number of methoxy groups -OCH3 is 1. The molecule has 0 unspecified atom stereocenters. The topological polar surface area (TPSA) is 105 Å². The maximum Gasteiger partial charge on any atom is 0.271 e. The Morgan fingerprint density at radius 1 is 1.34 bits per heavy atom. The van der Waals surface area contributed by atoms with E-state index in [1.165, 1.54) is 32.2 Å². The molecule has 0 aliphatic heterocycles. The lowest BCUT2D eigenvalue weighted by Crippen LogP contribution is -2.27. The lowest BCUT2D eigenvalue weighted by atomic mass is 9.98. The fourth-order valence-corrected chi connectivity index (χ4v) is 3.32. The molecule has 0 atom stereocenters. The normalized spacial score (nSPS) is 11.0. The molecule has 0 spiro atoms. The maximum atomic E-state index is 13.6. The van der Waals surface area contributed by atoms with Crippen LogP contribution < -0.4 is 5.56 Å². The van der Waals surface area contributed by atoms with E-state index in [1.54, 1.807) is 6.92 Å². The number of benzene rings is 1. The Balaban J connectivity index is 2.21. The van der Waals surface area contributed by atoms with E-state index < -0.39 is 23.0 Å². The Morgan fingerprint density at radius 3 is 2.72 bits per heavy atom. The number of furan rings is 1. The summed E-state index contributed by atoms with van der Waals surface area (Å²) < 4.78 is 25.1. The summed E-state index contributed by atoms with van der Waals surface area (Å²) in [4.78, 5) is 25.8.